The van der Waals surface area contributed by atoms with Gasteiger partial charge in [-0.15, -0.1) is 0 Å². The highest BCUT2D eigenvalue weighted by Gasteiger charge is 2.29. The molecule has 0 amide bonds. The highest BCUT2D eigenvalue weighted by molar-refractivity contribution is 7.17. The van der Waals surface area contributed by atoms with Gasteiger partial charge in [-0.1, -0.05) is 11.3 Å². The number of carbonyl (C=O) groups is 1. The molecule has 2 aliphatic rings. The molecule has 0 aliphatic carbocycles. The minimum Gasteiger partial charge on any atom is -0.493 e. The van der Waals surface area contributed by atoms with Crippen LogP contribution in [0, 0.1) is 12.8 Å². The van der Waals surface area contributed by atoms with Gasteiger partial charge in [0.25, 0.3) is 0 Å². The Kier molecular flexibility index (Phi) is 8.64. The number of aliphatic hydroxyl groups is 1. The molecule has 0 saturated carbocycles. The molecule has 0 spiro atoms. The van der Waals surface area contributed by atoms with Crippen LogP contribution >= 0.6 is 11.3 Å². The van der Waals surface area contributed by atoms with Crippen molar-refractivity contribution in [2.75, 3.05) is 62.7 Å². The van der Waals surface area contributed by atoms with Crippen molar-refractivity contribution >= 4 is 40.0 Å². The number of nitrogens with one attached hydrogen (secondary N) is 1. The molecule has 1 aromatic carbocycles. The third-order valence-corrected chi connectivity index (χ3v) is 8.66. The fourth-order valence-corrected chi connectivity index (χ4v) is 6.29. The zero-order valence-electron chi connectivity index (χ0n) is 23.8. The Hall–Kier alpha value is -3.84. The van der Waals surface area contributed by atoms with Crippen molar-refractivity contribution in [1.82, 2.24) is 15.0 Å². The third-order valence-electron chi connectivity index (χ3n) is 7.60. The summed E-state index contributed by atoms with van der Waals surface area (Å²) < 4.78 is 16.7. The Labute approximate surface area is 242 Å². The number of hydrogen-bond acceptors (Lipinski definition) is 12. The van der Waals surface area contributed by atoms with Gasteiger partial charge in [-0.25, -0.2) is 9.78 Å². The van der Waals surface area contributed by atoms with Gasteiger partial charge in [0.05, 0.1) is 27.0 Å². The summed E-state index contributed by atoms with van der Waals surface area (Å²) in [7, 11) is 4.79. The second-order valence-corrected chi connectivity index (χ2v) is 11.2. The number of fused-ring (bicyclic) bond motifs is 1. The summed E-state index contributed by atoms with van der Waals surface area (Å²) in [6.07, 6.45) is 3.57. The van der Waals surface area contributed by atoms with Gasteiger partial charge in [0, 0.05) is 38.3 Å². The molecule has 3 N–H and O–H groups in total. The molecule has 4 heterocycles. The Balaban J connectivity index is 1.53. The van der Waals surface area contributed by atoms with E-state index in [1.165, 1.54) is 0 Å². The fourth-order valence-electron chi connectivity index (χ4n) is 5.49. The van der Waals surface area contributed by atoms with Crippen LogP contribution in [0.4, 0.5) is 22.7 Å². The molecule has 0 unspecified atom stereocenters. The lowest BCUT2D eigenvalue weighted by Crippen LogP contribution is -2.38. The molecule has 2 aromatic heterocycles. The van der Waals surface area contributed by atoms with Crippen molar-refractivity contribution in [3.63, 3.8) is 0 Å². The number of aromatic nitrogens is 3. The van der Waals surface area contributed by atoms with E-state index in [0.717, 1.165) is 79.4 Å². The summed E-state index contributed by atoms with van der Waals surface area (Å²) in [5.41, 5.74) is 2.50. The van der Waals surface area contributed by atoms with Crippen LogP contribution in [0.25, 0.3) is 0 Å². The number of thiazole rings is 1. The molecule has 1 saturated heterocycles. The SMILES string of the molecule is COc1cc(CN2CCCc3c(N4CCC(CO)CC4)nc(Nc4nc(C)c(C(=O)O)s4)nc32)cc(OC)c1OC. The average molecular weight is 585 g/mol. The van der Waals surface area contributed by atoms with Gasteiger partial charge in [0.15, 0.2) is 16.6 Å². The van der Waals surface area contributed by atoms with E-state index in [1.54, 1.807) is 28.3 Å². The Morgan fingerprint density at radius 2 is 1.73 bits per heavy atom. The first kappa shape index (κ1) is 28.7. The minimum atomic E-state index is -1.01. The fraction of sp³-hybridized carbons (Fsp3) is 0.500. The smallest absolute Gasteiger partial charge is 0.347 e. The summed E-state index contributed by atoms with van der Waals surface area (Å²) in [4.78, 5) is 30.6. The highest BCUT2D eigenvalue weighted by Crippen LogP contribution is 2.40. The first-order chi connectivity index (χ1) is 19.8. The van der Waals surface area contributed by atoms with Crippen LogP contribution in [0.15, 0.2) is 12.1 Å². The molecular formula is C28H36N6O6S. The standard InChI is InChI=1S/C28H36N6O6S/c1-16-23(26(36)37)41-28(29-16)32-27-30-24(33-10-7-17(15-35)8-11-33)19-6-5-9-34(25(19)31-27)14-18-12-20(38-2)22(40-4)21(13-18)39-3/h12-13,17,35H,5-11,14-15H2,1-4H3,(H,36,37)(H,29,30,31,32). The number of carboxylic acid groups (broad SMARTS) is 1. The van der Waals surface area contributed by atoms with E-state index in [-0.39, 0.29) is 11.5 Å². The van der Waals surface area contributed by atoms with Gasteiger partial charge < -0.3 is 34.2 Å². The van der Waals surface area contributed by atoms with Crippen molar-refractivity contribution in [1.29, 1.82) is 0 Å². The molecule has 13 heteroatoms. The zero-order valence-corrected chi connectivity index (χ0v) is 24.6. The lowest BCUT2D eigenvalue weighted by Gasteiger charge is -2.37. The molecule has 220 valence electrons. The van der Waals surface area contributed by atoms with Crippen LogP contribution in [0.3, 0.4) is 0 Å². The van der Waals surface area contributed by atoms with E-state index < -0.39 is 5.97 Å². The number of ether oxygens (including phenoxy) is 3. The molecule has 2 aliphatic heterocycles. The maximum atomic E-state index is 11.6. The van der Waals surface area contributed by atoms with E-state index >= 15 is 0 Å². The number of aromatic carboxylic acids is 1. The van der Waals surface area contributed by atoms with E-state index in [2.05, 4.69) is 20.1 Å². The van der Waals surface area contributed by atoms with Gasteiger partial charge in [-0.2, -0.15) is 9.97 Å². The number of nitrogens with zero attached hydrogens (tertiary/aromatic N) is 5. The molecule has 5 rings (SSSR count). The second kappa shape index (κ2) is 12.4. The van der Waals surface area contributed by atoms with Gasteiger partial charge in [-0.3, -0.25) is 5.32 Å². The van der Waals surface area contributed by atoms with Crippen molar-refractivity contribution in [3.8, 4) is 17.2 Å². The van der Waals surface area contributed by atoms with Crippen LogP contribution in [0.5, 0.6) is 17.2 Å². The predicted molar refractivity (Wildman–Crippen MR) is 157 cm³/mol. The average Bonchev–Trinajstić information content (AvgIpc) is 3.36. The third kappa shape index (κ3) is 5.96. The minimum absolute atomic E-state index is 0.181. The molecule has 0 bridgehead atoms. The molecule has 0 atom stereocenters. The Morgan fingerprint density at radius 1 is 1.05 bits per heavy atom. The Morgan fingerprint density at radius 3 is 2.32 bits per heavy atom. The number of aryl methyl sites for hydroxylation is 1. The van der Waals surface area contributed by atoms with E-state index in [0.29, 0.717) is 46.5 Å². The maximum absolute atomic E-state index is 11.6. The Bertz CT molecular complexity index is 1380. The number of hydrogen-bond donors (Lipinski definition) is 3. The van der Waals surface area contributed by atoms with Crippen molar-refractivity contribution in [3.05, 3.63) is 33.8 Å². The summed E-state index contributed by atoms with van der Waals surface area (Å²) in [6, 6.07) is 3.89. The van der Waals surface area contributed by atoms with Crippen LogP contribution in [0.1, 0.15) is 45.8 Å². The first-order valence-corrected chi connectivity index (χ1v) is 14.4. The van der Waals surface area contributed by atoms with Crippen molar-refractivity contribution < 1.29 is 29.2 Å². The number of piperidine rings is 1. The van der Waals surface area contributed by atoms with Gasteiger partial charge in [-0.05, 0) is 56.2 Å². The van der Waals surface area contributed by atoms with Crippen molar-refractivity contribution in [2.45, 2.75) is 39.2 Å². The molecular weight excluding hydrogens is 548 g/mol. The normalized spacial score (nSPS) is 15.4. The largest absolute Gasteiger partial charge is 0.493 e. The van der Waals surface area contributed by atoms with Gasteiger partial charge >= 0.3 is 5.97 Å². The van der Waals surface area contributed by atoms with E-state index in [9.17, 15) is 15.0 Å². The summed E-state index contributed by atoms with van der Waals surface area (Å²) in [5, 5.41) is 22.8. The number of aliphatic hydroxyl groups excluding tert-OH is 1. The molecule has 0 radical (unpaired) electrons. The predicted octanol–water partition coefficient (Wildman–Crippen LogP) is 3.87. The lowest BCUT2D eigenvalue weighted by atomic mass is 9.97. The van der Waals surface area contributed by atoms with Gasteiger partial charge in [0.1, 0.15) is 16.5 Å². The maximum Gasteiger partial charge on any atom is 0.347 e. The second-order valence-electron chi connectivity index (χ2n) is 10.2. The lowest BCUT2D eigenvalue weighted by molar-refractivity contribution is 0.0701. The van der Waals surface area contributed by atoms with Crippen LogP contribution < -0.4 is 29.3 Å². The van der Waals surface area contributed by atoms with E-state index in [1.807, 2.05) is 12.1 Å². The summed E-state index contributed by atoms with van der Waals surface area (Å²) in [6.45, 7) is 4.81. The number of rotatable bonds is 10. The number of benzene rings is 1. The van der Waals surface area contributed by atoms with Crippen molar-refractivity contribution in [2.24, 2.45) is 5.92 Å². The van der Waals surface area contributed by atoms with Gasteiger partial charge in [0.2, 0.25) is 11.7 Å². The topological polar surface area (TPSA) is 142 Å². The molecule has 3 aromatic rings. The number of anilines is 4. The van der Waals surface area contributed by atoms with E-state index in [4.69, 9.17) is 24.2 Å². The molecule has 12 nitrogen and oxygen atoms in total. The van der Waals surface area contributed by atoms with Crippen LogP contribution in [0.2, 0.25) is 0 Å². The summed E-state index contributed by atoms with van der Waals surface area (Å²) >= 11 is 1.06. The molecule has 1 fully saturated rings. The summed E-state index contributed by atoms with van der Waals surface area (Å²) in [5.74, 6) is 3.07. The number of carboxylic acids is 1. The highest BCUT2D eigenvalue weighted by atomic mass is 32.1. The zero-order chi connectivity index (χ0) is 29.1. The quantitative estimate of drug-likeness (QED) is 0.318. The van der Waals surface area contributed by atoms with Crippen LogP contribution in [-0.4, -0.2) is 78.7 Å². The van der Waals surface area contributed by atoms with Crippen LogP contribution in [-0.2, 0) is 13.0 Å². The number of methoxy groups -OCH3 is 3. The monoisotopic (exact) mass is 584 g/mol. The first-order valence-electron chi connectivity index (χ1n) is 13.6. The molecule has 41 heavy (non-hydrogen) atoms.